The van der Waals surface area contributed by atoms with E-state index in [0.717, 1.165) is 18.4 Å². The minimum atomic E-state index is -0.343. The summed E-state index contributed by atoms with van der Waals surface area (Å²) in [5.41, 5.74) is 5.61. The SMILES string of the molecule is COc1ccc(C(=O)Nc2ccc(O)c(O)c2CC=C(C)C)c(C/C=C(\C)CCC=C(C)C)c1OC. The monoisotopic (exact) mass is 493 g/mol. The molecule has 0 radical (unpaired) electrons. The standard InChI is InChI=1S/C30H39NO5/c1-19(2)9-8-10-21(5)12-14-22-23(15-18-27(35-6)29(22)36-7)30(34)31-25-16-17-26(32)28(33)24(25)13-11-20(3)4/h9,11-12,15-18,32-33H,8,10,13-14H2,1-7H3,(H,31,34)/b21-12+. The van der Waals surface area contributed by atoms with E-state index in [4.69, 9.17) is 9.47 Å². The molecule has 0 fully saturated rings. The number of aromatic hydroxyl groups is 2. The summed E-state index contributed by atoms with van der Waals surface area (Å²) in [7, 11) is 3.13. The van der Waals surface area contributed by atoms with E-state index in [-0.39, 0.29) is 17.4 Å². The van der Waals surface area contributed by atoms with Gasteiger partial charge in [-0.1, -0.05) is 34.9 Å². The van der Waals surface area contributed by atoms with Gasteiger partial charge in [-0.15, -0.1) is 0 Å². The summed E-state index contributed by atoms with van der Waals surface area (Å²) in [6.45, 7) is 10.2. The molecule has 0 aliphatic heterocycles. The Bertz CT molecular complexity index is 1170. The second-order valence-corrected chi connectivity index (χ2v) is 9.30. The van der Waals surface area contributed by atoms with Gasteiger partial charge in [-0.3, -0.25) is 4.79 Å². The molecule has 0 aromatic heterocycles. The van der Waals surface area contributed by atoms with Crippen LogP contribution in [0, 0.1) is 0 Å². The molecule has 0 heterocycles. The Kier molecular flexibility index (Phi) is 10.7. The maximum Gasteiger partial charge on any atom is 0.256 e. The van der Waals surface area contributed by atoms with Crippen molar-refractivity contribution >= 4 is 11.6 Å². The number of phenolic OH excluding ortho intramolecular Hbond substituents is 2. The van der Waals surface area contributed by atoms with Crippen LogP contribution in [0.15, 0.2) is 59.2 Å². The quantitative estimate of drug-likeness (QED) is 0.176. The average Bonchev–Trinajstić information content (AvgIpc) is 2.83. The molecule has 0 atom stereocenters. The number of hydrogen-bond acceptors (Lipinski definition) is 5. The van der Waals surface area contributed by atoms with Gasteiger partial charge >= 0.3 is 0 Å². The van der Waals surface area contributed by atoms with Crippen molar-refractivity contribution in [2.24, 2.45) is 0 Å². The van der Waals surface area contributed by atoms with Gasteiger partial charge in [0.05, 0.1) is 14.2 Å². The fraction of sp³-hybridized carbons (Fsp3) is 0.367. The Morgan fingerprint density at radius 2 is 1.53 bits per heavy atom. The van der Waals surface area contributed by atoms with Crippen molar-refractivity contribution in [1.29, 1.82) is 0 Å². The Morgan fingerprint density at radius 3 is 2.14 bits per heavy atom. The van der Waals surface area contributed by atoms with E-state index < -0.39 is 0 Å². The van der Waals surface area contributed by atoms with E-state index in [1.54, 1.807) is 32.4 Å². The van der Waals surface area contributed by atoms with Gasteiger partial charge in [-0.25, -0.2) is 0 Å². The zero-order valence-corrected chi connectivity index (χ0v) is 22.5. The van der Waals surface area contributed by atoms with Crippen LogP contribution in [-0.2, 0) is 12.8 Å². The van der Waals surface area contributed by atoms with Gasteiger partial charge in [-0.2, -0.15) is 0 Å². The smallest absolute Gasteiger partial charge is 0.256 e. The van der Waals surface area contributed by atoms with Crippen molar-refractivity contribution in [1.82, 2.24) is 0 Å². The zero-order valence-electron chi connectivity index (χ0n) is 22.5. The van der Waals surface area contributed by atoms with Gasteiger partial charge in [0.1, 0.15) is 0 Å². The molecule has 194 valence electrons. The summed E-state index contributed by atoms with van der Waals surface area (Å²) in [5, 5.41) is 23.4. The number of amides is 1. The lowest BCUT2D eigenvalue weighted by atomic mass is 9.99. The molecule has 0 saturated heterocycles. The van der Waals surface area contributed by atoms with Crippen LogP contribution in [0.5, 0.6) is 23.0 Å². The highest BCUT2D eigenvalue weighted by Gasteiger charge is 2.21. The van der Waals surface area contributed by atoms with Crippen molar-refractivity contribution in [3.05, 3.63) is 75.9 Å². The van der Waals surface area contributed by atoms with Gasteiger partial charge in [0, 0.05) is 22.4 Å². The van der Waals surface area contributed by atoms with Crippen LogP contribution >= 0.6 is 0 Å². The number of benzene rings is 2. The van der Waals surface area contributed by atoms with Crippen molar-refractivity contribution in [3.8, 4) is 23.0 Å². The lowest BCUT2D eigenvalue weighted by Crippen LogP contribution is -2.16. The number of carbonyl (C=O) groups excluding carboxylic acids is 1. The van der Waals surface area contributed by atoms with Crippen LogP contribution in [-0.4, -0.2) is 30.3 Å². The van der Waals surface area contributed by atoms with Gasteiger partial charge in [0.15, 0.2) is 23.0 Å². The second kappa shape index (κ2) is 13.4. The molecule has 2 rings (SSSR count). The largest absolute Gasteiger partial charge is 0.504 e. The predicted molar refractivity (Wildman–Crippen MR) is 147 cm³/mol. The van der Waals surface area contributed by atoms with Crippen LogP contribution < -0.4 is 14.8 Å². The molecule has 0 saturated carbocycles. The summed E-state index contributed by atoms with van der Waals surface area (Å²) < 4.78 is 11.1. The summed E-state index contributed by atoms with van der Waals surface area (Å²) >= 11 is 0. The van der Waals surface area contributed by atoms with Crippen LogP contribution in [0.3, 0.4) is 0 Å². The van der Waals surface area contributed by atoms with Crippen LogP contribution in [0.2, 0.25) is 0 Å². The Balaban J connectivity index is 2.45. The number of nitrogens with one attached hydrogen (secondary N) is 1. The summed E-state index contributed by atoms with van der Waals surface area (Å²) in [5.74, 6) is 0.242. The summed E-state index contributed by atoms with van der Waals surface area (Å²) in [6.07, 6.45) is 9.00. The number of hydrogen-bond donors (Lipinski definition) is 3. The minimum absolute atomic E-state index is 0.231. The van der Waals surface area contributed by atoms with Crippen LogP contribution in [0.1, 0.15) is 68.9 Å². The van der Waals surface area contributed by atoms with E-state index in [1.807, 2.05) is 19.9 Å². The third-order valence-corrected chi connectivity index (χ3v) is 5.86. The van der Waals surface area contributed by atoms with Crippen molar-refractivity contribution < 1.29 is 24.5 Å². The molecule has 0 bridgehead atoms. The fourth-order valence-electron chi connectivity index (χ4n) is 3.82. The van der Waals surface area contributed by atoms with Gasteiger partial charge in [0.2, 0.25) is 0 Å². The molecule has 0 aliphatic carbocycles. The number of phenols is 2. The van der Waals surface area contributed by atoms with E-state index >= 15 is 0 Å². The first-order valence-corrected chi connectivity index (χ1v) is 12.1. The number of methoxy groups -OCH3 is 2. The molecule has 6 heteroatoms. The molecule has 6 nitrogen and oxygen atoms in total. The highest BCUT2D eigenvalue weighted by Crippen LogP contribution is 2.37. The predicted octanol–water partition coefficient (Wildman–Crippen LogP) is 7.11. The van der Waals surface area contributed by atoms with E-state index in [0.29, 0.717) is 46.7 Å². The summed E-state index contributed by atoms with van der Waals surface area (Å²) in [6, 6.07) is 6.38. The number of carbonyl (C=O) groups is 1. The van der Waals surface area contributed by atoms with E-state index in [1.165, 1.54) is 17.2 Å². The van der Waals surface area contributed by atoms with Crippen molar-refractivity contribution in [2.75, 3.05) is 19.5 Å². The van der Waals surface area contributed by atoms with Gasteiger partial charge in [-0.05, 0) is 84.6 Å². The first kappa shape index (κ1) is 28.6. The Hall–Kier alpha value is -3.67. The molecule has 2 aromatic carbocycles. The minimum Gasteiger partial charge on any atom is -0.504 e. The van der Waals surface area contributed by atoms with Crippen molar-refractivity contribution in [3.63, 3.8) is 0 Å². The van der Waals surface area contributed by atoms with Crippen LogP contribution in [0.4, 0.5) is 5.69 Å². The van der Waals surface area contributed by atoms with Crippen LogP contribution in [0.25, 0.3) is 0 Å². The average molecular weight is 494 g/mol. The van der Waals surface area contributed by atoms with Crippen molar-refractivity contribution in [2.45, 2.75) is 60.3 Å². The third kappa shape index (κ3) is 7.67. The molecule has 3 N–H and O–H groups in total. The molecule has 1 amide bonds. The fourth-order valence-corrected chi connectivity index (χ4v) is 3.82. The molecule has 36 heavy (non-hydrogen) atoms. The Labute approximate surface area is 215 Å². The lowest BCUT2D eigenvalue weighted by molar-refractivity contribution is 0.102. The first-order valence-electron chi connectivity index (χ1n) is 12.1. The topological polar surface area (TPSA) is 88.0 Å². The third-order valence-electron chi connectivity index (χ3n) is 5.86. The number of anilines is 1. The number of rotatable bonds is 11. The van der Waals surface area contributed by atoms with Gasteiger partial charge in [0.25, 0.3) is 5.91 Å². The Morgan fingerprint density at radius 1 is 0.861 bits per heavy atom. The first-order chi connectivity index (χ1) is 17.1. The second-order valence-electron chi connectivity index (χ2n) is 9.30. The normalized spacial score (nSPS) is 11.0. The van der Waals surface area contributed by atoms with E-state index in [2.05, 4.69) is 38.2 Å². The molecule has 0 aliphatic rings. The summed E-state index contributed by atoms with van der Waals surface area (Å²) in [4.78, 5) is 13.5. The number of allylic oxidation sites excluding steroid dienone is 6. The highest BCUT2D eigenvalue weighted by atomic mass is 16.5. The lowest BCUT2D eigenvalue weighted by Gasteiger charge is -2.18. The highest BCUT2D eigenvalue weighted by molar-refractivity contribution is 6.06. The number of ether oxygens (including phenoxy) is 2. The molecule has 0 spiro atoms. The zero-order chi connectivity index (χ0) is 26.8. The maximum absolute atomic E-state index is 13.5. The molecule has 2 aromatic rings. The molecular formula is C30H39NO5. The maximum atomic E-state index is 13.5. The van der Waals surface area contributed by atoms with Gasteiger partial charge < -0.3 is 25.0 Å². The molecular weight excluding hydrogens is 454 g/mol. The van der Waals surface area contributed by atoms with E-state index in [9.17, 15) is 15.0 Å². The molecule has 0 unspecified atom stereocenters.